The number of rotatable bonds is 4. The number of hydrogen-bond donors (Lipinski definition) is 1. The lowest BCUT2D eigenvalue weighted by Gasteiger charge is -2.09. The third kappa shape index (κ3) is 3.07. The third-order valence-electron chi connectivity index (χ3n) is 2.62. The van der Waals surface area contributed by atoms with Crippen LogP contribution in [0.4, 0.5) is 0 Å². The van der Waals surface area contributed by atoms with Gasteiger partial charge < -0.3 is 5.73 Å². The Hall–Kier alpha value is -0.970. The van der Waals surface area contributed by atoms with Gasteiger partial charge in [-0.1, -0.05) is 29.4 Å². The molecule has 0 spiro atoms. The second-order valence-corrected chi connectivity index (χ2v) is 5.64. The molecule has 18 heavy (non-hydrogen) atoms. The lowest BCUT2D eigenvalue weighted by molar-refractivity contribution is 0.692. The van der Waals surface area contributed by atoms with E-state index < -0.39 is 0 Å². The maximum absolute atomic E-state index is 6.06. The number of aryl methyl sites for hydroxylation is 2. The minimum atomic E-state index is 0.638. The molecule has 5 heteroatoms. The van der Waals surface area contributed by atoms with Gasteiger partial charge in [0.15, 0.2) is 0 Å². The van der Waals surface area contributed by atoms with Gasteiger partial charge in [-0.2, -0.15) is 5.10 Å². The quantitative estimate of drug-likeness (QED) is 0.937. The molecule has 0 amide bonds. The van der Waals surface area contributed by atoms with E-state index >= 15 is 0 Å². The SMILES string of the molecule is Cc1cc(Sc2cc(Cl)ccc2CCN)n(C)n1. The predicted octanol–water partition coefficient (Wildman–Crippen LogP) is 3.03. The first-order valence-corrected chi connectivity index (χ1v) is 6.96. The van der Waals surface area contributed by atoms with Gasteiger partial charge in [0.25, 0.3) is 0 Å². The highest BCUT2D eigenvalue weighted by molar-refractivity contribution is 7.99. The molecule has 0 fully saturated rings. The van der Waals surface area contributed by atoms with E-state index in [1.165, 1.54) is 5.56 Å². The molecular formula is C13H16ClN3S. The zero-order valence-electron chi connectivity index (χ0n) is 10.5. The van der Waals surface area contributed by atoms with E-state index in [0.717, 1.165) is 27.1 Å². The van der Waals surface area contributed by atoms with Crippen LogP contribution in [0.2, 0.25) is 5.02 Å². The summed E-state index contributed by atoms with van der Waals surface area (Å²) in [5.41, 5.74) is 7.88. The van der Waals surface area contributed by atoms with Crippen molar-refractivity contribution in [2.75, 3.05) is 6.54 Å². The van der Waals surface area contributed by atoms with Crippen LogP contribution in [0.1, 0.15) is 11.3 Å². The molecule has 3 nitrogen and oxygen atoms in total. The summed E-state index contributed by atoms with van der Waals surface area (Å²) >= 11 is 7.74. The second kappa shape index (κ2) is 5.78. The van der Waals surface area contributed by atoms with Crippen molar-refractivity contribution in [3.05, 3.63) is 40.5 Å². The van der Waals surface area contributed by atoms with Crippen molar-refractivity contribution < 1.29 is 0 Å². The Kier molecular flexibility index (Phi) is 4.32. The maximum atomic E-state index is 6.06. The van der Waals surface area contributed by atoms with Gasteiger partial charge in [-0.05, 0) is 43.7 Å². The Morgan fingerprint density at radius 1 is 1.39 bits per heavy atom. The molecule has 1 aromatic carbocycles. The lowest BCUT2D eigenvalue weighted by Crippen LogP contribution is -2.03. The third-order valence-corrected chi connectivity index (χ3v) is 4.04. The van der Waals surface area contributed by atoms with Crippen molar-refractivity contribution in [1.82, 2.24) is 9.78 Å². The Morgan fingerprint density at radius 2 is 2.17 bits per heavy atom. The molecule has 0 aliphatic carbocycles. The van der Waals surface area contributed by atoms with Crippen LogP contribution in [0.3, 0.4) is 0 Å². The van der Waals surface area contributed by atoms with Gasteiger partial charge >= 0.3 is 0 Å². The van der Waals surface area contributed by atoms with Gasteiger partial charge in [-0.3, -0.25) is 4.68 Å². The zero-order valence-corrected chi connectivity index (χ0v) is 12.1. The molecule has 0 saturated carbocycles. The molecule has 96 valence electrons. The van der Waals surface area contributed by atoms with Crippen molar-refractivity contribution in [3.8, 4) is 0 Å². The average Bonchev–Trinajstić information content (AvgIpc) is 2.61. The summed E-state index contributed by atoms with van der Waals surface area (Å²) in [4.78, 5) is 1.15. The van der Waals surface area contributed by atoms with E-state index in [2.05, 4.69) is 11.2 Å². The molecule has 0 bridgehead atoms. The molecule has 1 heterocycles. The molecule has 0 atom stereocenters. The normalized spacial score (nSPS) is 10.9. The minimum Gasteiger partial charge on any atom is -0.330 e. The fourth-order valence-electron chi connectivity index (χ4n) is 1.78. The predicted molar refractivity (Wildman–Crippen MR) is 76.3 cm³/mol. The smallest absolute Gasteiger partial charge is 0.0987 e. The summed E-state index contributed by atoms with van der Waals surface area (Å²) in [5.74, 6) is 0. The van der Waals surface area contributed by atoms with Gasteiger partial charge in [-0.15, -0.1) is 0 Å². The molecule has 0 radical (unpaired) electrons. The molecule has 2 aromatic rings. The summed E-state index contributed by atoms with van der Waals surface area (Å²) in [7, 11) is 1.95. The maximum Gasteiger partial charge on any atom is 0.0987 e. The van der Waals surface area contributed by atoms with E-state index in [-0.39, 0.29) is 0 Å². The molecule has 0 saturated heterocycles. The molecular weight excluding hydrogens is 266 g/mol. The van der Waals surface area contributed by atoms with E-state index in [4.69, 9.17) is 17.3 Å². The van der Waals surface area contributed by atoms with E-state index in [1.54, 1.807) is 11.8 Å². The molecule has 0 unspecified atom stereocenters. The summed E-state index contributed by atoms with van der Waals surface area (Å²) in [5, 5.41) is 6.20. The Morgan fingerprint density at radius 3 is 2.78 bits per heavy atom. The molecule has 2 rings (SSSR count). The van der Waals surface area contributed by atoms with Crippen molar-refractivity contribution in [2.45, 2.75) is 23.3 Å². The number of hydrogen-bond acceptors (Lipinski definition) is 3. The van der Waals surface area contributed by atoms with Crippen molar-refractivity contribution in [3.63, 3.8) is 0 Å². The number of halogens is 1. The Bertz CT molecular complexity index is 551. The highest BCUT2D eigenvalue weighted by Gasteiger charge is 2.09. The largest absolute Gasteiger partial charge is 0.330 e. The number of nitrogens with zero attached hydrogens (tertiary/aromatic N) is 2. The van der Waals surface area contributed by atoms with Gasteiger partial charge in [0.05, 0.1) is 10.7 Å². The minimum absolute atomic E-state index is 0.638. The number of nitrogens with two attached hydrogens (primary N) is 1. The fraction of sp³-hybridized carbons (Fsp3) is 0.308. The molecule has 1 aromatic heterocycles. The first-order valence-electron chi connectivity index (χ1n) is 5.77. The average molecular weight is 282 g/mol. The summed E-state index contributed by atoms with van der Waals surface area (Å²) in [6.07, 6.45) is 0.857. The Labute approximate surface area is 116 Å². The van der Waals surface area contributed by atoms with Gasteiger partial charge in [0, 0.05) is 17.0 Å². The van der Waals surface area contributed by atoms with Crippen molar-refractivity contribution >= 4 is 23.4 Å². The first kappa shape index (κ1) is 13.5. The van der Waals surface area contributed by atoms with Crippen molar-refractivity contribution in [2.24, 2.45) is 12.8 Å². The van der Waals surface area contributed by atoms with E-state index in [0.29, 0.717) is 6.54 Å². The Balaban J connectivity index is 2.32. The van der Waals surface area contributed by atoms with Crippen LogP contribution < -0.4 is 5.73 Å². The molecule has 0 aliphatic heterocycles. The second-order valence-electron chi connectivity index (χ2n) is 4.14. The summed E-state index contributed by atoms with van der Waals surface area (Å²) < 4.78 is 1.88. The van der Waals surface area contributed by atoms with Crippen LogP contribution in [-0.4, -0.2) is 16.3 Å². The number of aromatic nitrogens is 2. The lowest BCUT2D eigenvalue weighted by atomic mass is 10.1. The van der Waals surface area contributed by atoms with Crippen LogP contribution in [0.5, 0.6) is 0 Å². The van der Waals surface area contributed by atoms with Crippen LogP contribution in [0, 0.1) is 6.92 Å². The molecule has 2 N–H and O–H groups in total. The van der Waals surface area contributed by atoms with Crippen LogP contribution in [-0.2, 0) is 13.5 Å². The highest BCUT2D eigenvalue weighted by atomic mass is 35.5. The summed E-state index contributed by atoms with van der Waals surface area (Å²) in [6, 6.07) is 8.00. The van der Waals surface area contributed by atoms with Gasteiger partial charge in [0.1, 0.15) is 0 Å². The van der Waals surface area contributed by atoms with Gasteiger partial charge in [0.2, 0.25) is 0 Å². The standard InChI is InChI=1S/C13H16ClN3S/c1-9-7-13(17(2)16-9)18-12-8-11(14)4-3-10(12)5-6-15/h3-4,7-8H,5-6,15H2,1-2H3. The van der Waals surface area contributed by atoms with E-state index in [1.807, 2.05) is 36.9 Å². The van der Waals surface area contributed by atoms with Crippen LogP contribution >= 0.6 is 23.4 Å². The highest BCUT2D eigenvalue weighted by Crippen LogP contribution is 2.32. The van der Waals surface area contributed by atoms with Gasteiger partial charge in [-0.25, -0.2) is 0 Å². The monoisotopic (exact) mass is 281 g/mol. The molecule has 0 aliphatic rings. The number of benzene rings is 1. The van der Waals surface area contributed by atoms with E-state index in [9.17, 15) is 0 Å². The summed E-state index contributed by atoms with van der Waals surface area (Å²) in [6.45, 7) is 2.63. The zero-order chi connectivity index (χ0) is 13.1. The van der Waals surface area contributed by atoms with Crippen LogP contribution in [0.25, 0.3) is 0 Å². The van der Waals surface area contributed by atoms with Crippen LogP contribution in [0.15, 0.2) is 34.2 Å². The first-order chi connectivity index (χ1) is 8.60. The fourth-order valence-corrected chi connectivity index (χ4v) is 3.13. The topological polar surface area (TPSA) is 43.8 Å². The van der Waals surface area contributed by atoms with Crippen molar-refractivity contribution in [1.29, 1.82) is 0 Å².